The minimum absolute atomic E-state index is 0.0370. The van der Waals surface area contributed by atoms with Crippen LogP contribution in [-0.4, -0.2) is 28.0 Å². The Bertz CT molecular complexity index is 562. The van der Waals surface area contributed by atoms with E-state index in [0.717, 1.165) is 38.7 Å². The maximum atomic E-state index is 12.7. The molecular formula is C22H40O3Si. The topological polar surface area (TPSA) is 35.5 Å². The zero-order chi connectivity index (χ0) is 20.0. The Balaban J connectivity index is 2.29. The molecule has 0 bridgehead atoms. The maximum absolute atomic E-state index is 12.7. The summed E-state index contributed by atoms with van der Waals surface area (Å²) in [6, 6.07) is 0. The van der Waals surface area contributed by atoms with Crippen LogP contribution in [0.1, 0.15) is 66.7 Å². The summed E-state index contributed by atoms with van der Waals surface area (Å²) < 4.78 is 11.9. The van der Waals surface area contributed by atoms with Crippen molar-refractivity contribution < 1.29 is 14.0 Å². The standard InChI is InChI=1S/C22H40O3Si/c1-16-11-12-18-21(5,13-10-14-22(18,6)19(23)24-7)17(16)15-25-26(8,9)20(2,3)4/h17-18H,1,10-15H2,2-9H3/t17-,18+,21+,22-/m0/s1. The molecule has 26 heavy (non-hydrogen) atoms. The van der Waals surface area contributed by atoms with E-state index in [4.69, 9.17) is 9.16 Å². The SMILES string of the molecule is C=C1CC[C@@H]2[C@](C)(CCC[C@]2(C)C(=O)OC)[C@H]1CO[Si](C)(C)C(C)(C)C. The molecule has 2 aliphatic rings. The highest BCUT2D eigenvalue weighted by molar-refractivity contribution is 6.74. The minimum Gasteiger partial charge on any atom is -0.469 e. The fourth-order valence-electron chi connectivity index (χ4n) is 5.24. The zero-order valence-electron chi connectivity index (χ0n) is 18.3. The molecule has 2 aliphatic carbocycles. The average Bonchev–Trinajstić information content (AvgIpc) is 2.51. The summed E-state index contributed by atoms with van der Waals surface area (Å²) in [5.41, 5.74) is 1.01. The van der Waals surface area contributed by atoms with Crippen LogP contribution in [0.25, 0.3) is 0 Å². The van der Waals surface area contributed by atoms with Crippen molar-refractivity contribution in [2.75, 3.05) is 13.7 Å². The molecule has 4 heteroatoms. The second kappa shape index (κ2) is 7.09. The Kier molecular flexibility index (Phi) is 5.91. The first-order valence-corrected chi connectivity index (χ1v) is 13.1. The maximum Gasteiger partial charge on any atom is 0.311 e. The predicted octanol–water partition coefficient (Wildman–Crippen LogP) is 5.96. The Labute approximate surface area is 162 Å². The van der Waals surface area contributed by atoms with Crippen LogP contribution in [0.2, 0.25) is 18.1 Å². The Morgan fingerprint density at radius 2 is 1.88 bits per heavy atom. The van der Waals surface area contributed by atoms with E-state index in [1.807, 2.05) is 0 Å². The molecule has 0 aromatic rings. The number of carbonyl (C=O) groups is 1. The van der Waals surface area contributed by atoms with E-state index >= 15 is 0 Å². The first kappa shape index (κ1) is 21.7. The molecule has 0 amide bonds. The molecule has 150 valence electrons. The largest absolute Gasteiger partial charge is 0.469 e. The van der Waals surface area contributed by atoms with Gasteiger partial charge in [-0.1, -0.05) is 46.3 Å². The zero-order valence-corrected chi connectivity index (χ0v) is 19.3. The van der Waals surface area contributed by atoms with E-state index in [9.17, 15) is 4.79 Å². The van der Waals surface area contributed by atoms with E-state index in [-0.39, 0.29) is 21.8 Å². The molecule has 2 rings (SSSR count). The lowest BCUT2D eigenvalue weighted by Gasteiger charge is -2.57. The number of hydrogen-bond donors (Lipinski definition) is 0. The normalized spacial score (nSPS) is 35.8. The van der Waals surface area contributed by atoms with Gasteiger partial charge >= 0.3 is 5.97 Å². The lowest BCUT2D eigenvalue weighted by atomic mass is 9.47. The van der Waals surface area contributed by atoms with E-state index in [1.165, 1.54) is 12.7 Å². The molecule has 0 aromatic carbocycles. The summed E-state index contributed by atoms with van der Waals surface area (Å²) in [6.07, 6.45) is 5.19. The van der Waals surface area contributed by atoms with Gasteiger partial charge in [0, 0.05) is 12.5 Å². The molecule has 3 nitrogen and oxygen atoms in total. The third kappa shape index (κ3) is 3.56. The van der Waals surface area contributed by atoms with Crippen LogP contribution in [0.15, 0.2) is 12.2 Å². The summed E-state index contributed by atoms with van der Waals surface area (Å²) in [4.78, 5) is 12.7. The molecule has 2 fully saturated rings. The van der Waals surface area contributed by atoms with Gasteiger partial charge in [-0.05, 0) is 62.1 Å². The van der Waals surface area contributed by atoms with Gasteiger partial charge in [-0.3, -0.25) is 4.79 Å². The first-order chi connectivity index (χ1) is 11.8. The minimum atomic E-state index is -1.81. The fraction of sp³-hybridized carbons (Fsp3) is 0.864. The summed E-state index contributed by atoms with van der Waals surface area (Å²) in [7, 11) is -0.278. The van der Waals surface area contributed by atoms with E-state index < -0.39 is 8.32 Å². The van der Waals surface area contributed by atoms with Gasteiger partial charge in [-0.25, -0.2) is 0 Å². The quantitative estimate of drug-likeness (QED) is 0.343. The lowest BCUT2D eigenvalue weighted by Crippen LogP contribution is -2.55. The van der Waals surface area contributed by atoms with Gasteiger partial charge in [0.1, 0.15) is 0 Å². The highest BCUT2D eigenvalue weighted by atomic mass is 28.4. The number of carbonyl (C=O) groups excluding carboxylic acids is 1. The molecule has 0 radical (unpaired) electrons. The molecule has 2 saturated carbocycles. The molecule has 0 saturated heterocycles. The molecule has 0 unspecified atom stereocenters. The van der Waals surface area contributed by atoms with Crippen molar-refractivity contribution >= 4 is 14.3 Å². The molecule has 0 aromatic heterocycles. The number of methoxy groups -OCH3 is 1. The van der Waals surface area contributed by atoms with Crippen LogP contribution in [0.5, 0.6) is 0 Å². The van der Waals surface area contributed by atoms with Crippen molar-refractivity contribution in [3.8, 4) is 0 Å². The molecule has 0 spiro atoms. The van der Waals surface area contributed by atoms with Crippen LogP contribution < -0.4 is 0 Å². The van der Waals surface area contributed by atoms with Crippen LogP contribution in [0.3, 0.4) is 0 Å². The van der Waals surface area contributed by atoms with Crippen molar-refractivity contribution in [1.29, 1.82) is 0 Å². The van der Waals surface area contributed by atoms with Crippen molar-refractivity contribution in [3.63, 3.8) is 0 Å². The van der Waals surface area contributed by atoms with Gasteiger partial charge in [0.05, 0.1) is 12.5 Å². The van der Waals surface area contributed by atoms with Crippen LogP contribution >= 0.6 is 0 Å². The number of rotatable bonds is 4. The predicted molar refractivity (Wildman–Crippen MR) is 111 cm³/mol. The fourth-order valence-corrected chi connectivity index (χ4v) is 6.26. The third-order valence-corrected chi connectivity index (χ3v) is 12.6. The van der Waals surface area contributed by atoms with Gasteiger partial charge in [0.25, 0.3) is 0 Å². The molecule has 0 heterocycles. The van der Waals surface area contributed by atoms with Gasteiger partial charge in [0.15, 0.2) is 8.32 Å². The second-order valence-corrected chi connectivity index (χ2v) is 15.5. The lowest BCUT2D eigenvalue weighted by molar-refractivity contribution is -0.168. The van der Waals surface area contributed by atoms with Crippen molar-refractivity contribution in [2.24, 2.45) is 22.7 Å². The van der Waals surface area contributed by atoms with E-state index in [2.05, 4.69) is 54.3 Å². The highest BCUT2D eigenvalue weighted by Crippen LogP contribution is 2.61. The highest BCUT2D eigenvalue weighted by Gasteiger charge is 2.58. The Morgan fingerprint density at radius 1 is 1.27 bits per heavy atom. The summed E-state index contributed by atoms with van der Waals surface area (Å²) in [5, 5.41) is 0.205. The Hall–Kier alpha value is -0.613. The molecule has 0 aliphatic heterocycles. The molecule has 0 N–H and O–H groups in total. The van der Waals surface area contributed by atoms with Gasteiger partial charge < -0.3 is 9.16 Å². The smallest absolute Gasteiger partial charge is 0.311 e. The average molecular weight is 381 g/mol. The number of hydrogen-bond acceptors (Lipinski definition) is 3. The summed E-state index contributed by atoms with van der Waals surface area (Å²) >= 11 is 0. The van der Waals surface area contributed by atoms with Crippen LogP contribution in [0.4, 0.5) is 0 Å². The van der Waals surface area contributed by atoms with E-state index in [1.54, 1.807) is 0 Å². The van der Waals surface area contributed by atoms with Gasteiger partial charge in [-0.15, -0.1) is 0 Å². The third-order valence-electron chi connectivity index (χ3n) is 8.09. The van der Waals surface area contributed by atoms with Crippen molar-refractivity contribution in [3.05, 3.63) is 12.2 Å². The number of esters is 1. The number of ether oxygens (including phenoxy) is 1. The molecule has 4 atom stereocenters. The number of fused-ring (bicyclic) bond motifs is 1. The van der Waals surface area contributed by atoms with Gasteiger partial charge in [0.2, 0.25) is 0 Å². The van der Waals surface area contributed by atoms with Crippen LogP contribution in [0, 0.1) is 22.7 Å². The summed E-state index contributed by atoms with van der Waals surface area (Å²) in [5.74, 6) is 0.638. The monoisotopic (exact) mass is 380 g/mol. The second-order valence-electron chi connectivity index (χ2n) is 10.6. The van der Waals surface area contributed by atoms with Crippen LogP contribution in [-0.2, 0) is 14.0 Å². The molecular weight excluding hydrogens is 340 g/mol. The summed E-state index contributed by atoms with van der Waals surface area (Å²) in [6.45, 7) is 21.2. The van der Waals surface area contributed by atoms with Crippen molar-refractivity contribution in [2.45, 2.75) is 84.9 Å². The van der Waals surface area contributed by atoms with E-state index in [0.29, 0.717) is 11.8 Å². The van der Waals surface area contributed by atoms with Gasteiger partial charge in [-0.2, -0.15) is 0 Å². The first-order valence-electron chi connectivity index (χ1n) is 10.2. The van der Waals surface area contributed by atoms with Crippen molar-refractivity contribution in [1.82, 2.24) is 0 Å². The Morgan fingerprint density at radius 3 is 2.42 bits per heavy atom.